The predicted octanol–water partition coefficient (Wildman–Crippen LogP) is 3.92. The molecular formula is C24H21N5O3. The third kappa shape index (κ3) is 3.26. The zero-order chi connectivity index (χ0) is 22.4. The van der Waals surface area contributed by atoms with Gasteiger partial charge < -0.3 is 15.5 Å². The molecule has 3 aromatic heterocycles. The highest BCUT2D eigenvalue weighted by atomic mass is 16.3. The number of para-hydroxylation sites is 1. The van der Waals surface area contributed by atoms with Crippen molar-refractivity contribution >= 4 is 45.1 Å². The molecular weight excluding hydrogens is 406 g/mol. The maximum Gasteiger partial charge on any atom is 0.271 e. The monoisotopic (exact) mass is 427 g/mol. The third-order valence-corrected chi connectivity index (χ3v) is 5.75. The molecule has 0 unspecified atom stereocenters. The number of anilines is 1. The van der Waals surface area contributed by atoms with E-state index in [1.807, 2.05) is 56.3 Å². The Morgan fingerprint density at radius 3 is 2.69 bits per heavy atom. The molecule has 2 aromatic carbocycles. The van der Waals surface area contributed by atoms with E-state index in [-0.39, 0.29) is 18.0 Å². The Labute approximate surface area is 183 Å². The number of rotatable bonds is 5. The van der Waals surface area contributed by atoms with E-state index in [0.717, 1.165) is 44.6 Å². The summed E-state index contributed by atoms with van der Waals surface area (Å²) in [6.45, 7) is 3.77. The van der Waals surface area contributed by atoms with E-state index in [1.54, 1.807) is 4.40 Å². The zero-order valence-electron chi connectivity index (χ0n) is 17.7. The summed E-state index contributed by atoms with van der Waals surface area (Å²) in [4.78, 5) is 32.8. The van der Waals surface area contributed by atoms with Gasteiger partial charge in [-0.3, -0.25) is 14.0 Å². The average Bonchev–Trinajstić information content (AvgIpc) is 3.35. The quantitative estimate of drug-likeness (QED) is 0.441. The number of benzene rings is 2. The van der Waals surface area contributed by atoms with Gasteiger partial charge in [0.25, 0.3) is 5.91 Å². The van der Waals surface area contributed by atoms with Gasteiger partial charge in [0.2, 0.25) is 5.91 Å². The molecule has 8 heteroatoms. The summed E-state index contributed by atoms with van der Waals surface area (Å²) in [7, 11) is 0. The van der Waals surface area contributed by atoms with Crippen LogP contribution in [0, 0.1) is 13.8 Å². The van der Waals surface area contributed by atoms with Crippen molar-refractivity contribution in [2.24, 2.45) is 5.73 Å². The molecule has 5 aromatic rings. The SMILES string of the molecule is Cc1nc2c(C(N)=O)ncn2c(C)c1CCC(=O)Nc1ccc2oc3ccccc3c2c1. The number of primary amides is 1. The standard InChI is InChI=1S/C24H21N5O3/c1-13-16(14(2)29-12-26-22(23(25)31)24(29)27-13)8-10-21(30)28-15-7-9-20-18(11-15)17-5-3-4-6-19(17)32-20/h3-7,9,11-12H,8,10H2,1-2H3,(H2,25,31)(H,28,30). The van der Waals surface area contributed by atoms with Crippen LogP contribution in [0.4, 0.5) is 5.69 Å². The molecule has 3 N–H and O–H groups in total. The van der Waals surface area contributed by atoms with Crippen molar-refractivity contribution in [3.63, 3.8) is 0 Å². The fraction of sp³-hybridized carbons (Fsp3) is 0.167. The Morgan fingerprint density at radius 1 is 1.09 bits per heavy atom. The summed E-state index contributed by atoms with van der Waals surface area (Å²) in [6.07, 6.45) is 2.33. The van der Waals surface area contributed by atoms with Gasteiger partial charge >= 0.3 is 0 Å². The average molecular weight is 427 g/mol. The summed E-state index contributed by atoms with van der Waals surface area (Å²) >= 11 is 0. The fourth-order valence-electron chi connectivity index (χ4n) is 4.13. The molecule has 0 aliphatic heterocycles. The number of carbonyl (C=O) groups excluding carboxylic acids is 2. The minimum absolute atomic E-state index is 0.0977. The summed E-state index contributed by atoms with van der Waals surface area (Å²) in [5, 5.41) is 4.95. The lowest BCUT2D eigenvalue weighted by atomic mass is 10.1. The molecule has 160 valence electrons. The zero-order valence-corrected chi connectivity index (χ0v) is 17.7. The van der Waals surface area contributed by atoms with Gasteiger partial charge in [-0.05, 0) is 50.1 Å². The van der Waals surface area contributed by atoms with Crippen LogP contribution >= 0.6 is 0 Å². The van der Waals surface area contributed by atoms with Gasteiger partial charge in [-0.15, -0.1) is 0 Å². The lowest BCUT2D eigenvalue weighted by Gasteiger charge is -2.12. The first kappa shape index (κ1) is 19.7. The molecule has 0 saturated carbocycles. The number of hydrogen-bond donors (Lipinski definition) is 2. The van der Waals surface area contributed by atoms with Gasteiger partial charge in [0.1, 0.15) is 17.5 Å². The molecule has 0 aliphatic carbocycles. The number of nitrogens with one attached hydrogen (secondary N) is 1. The number of carbonyl (C=O) groups is 2. The maximum atomic E-state index is 12.7. The number of hydrogen-bond acceptors (Lipinski definition) is 5. The lowest BCUT2D eigenvalue weighted by Crippen LogP contribution is -2.15. The van der Waals surface area contributed by atoms with Gasteiger partial charge in [-0.1, -0.05) is 18.2 Å². The molecule has 3 heterocycles. The molecule has 5 rings (SSSR count). The molecule has 0 radical (unpaired) electrons. The number of furan rings is 1. The molecule has 0 bridgehead atoms. The summed E-state index contributed by atoms with van der Waals surface area (Å²) in [5.74, 6) is -0.715. The normalized spacial score (nSPS) is 11.4. The Morgan fingerprint density at radius 2 is 1.88 bits per heavy atom. The van der Waals surface area contributed by atoms with E-state index in [0.29, 0.717) is 12.1 Å². The number of imidazole rings is 1. The first-order valence-electron chi connectivity index (χ1n) is 10.3. The van der Waals surface area contributed by atoms with Crippen molar-refractivity contribution in [3.05, 3.63) is 71.4 Å². The lowest BCUT2D eigenvalue weighted by molar-refractivity contribution is -0.116. The minimum atomic E-state index is -0.617. The number of amides is 2. The van der Waals surface area contributed by atoms with Crippen LogP contribution in [0.25, 0.3) is 27.6 Å². The van der Waals surface area contributed by atoms with Gasteiger partial charge in [0.05, 0.1) is 0 Å². The number of aromatic nitrogens is 3. The van der Waals surface area contributed by atoms with E-state index in [1.165, 1.54) is 6.33 Å². The summed E-state index contributed by atoms with van der Waals surface area (Å²) in [5.41, 5.74) is 10.8. The van der Waals surface area contributed by atoms with Crippen molar-refractivity contribution in [2.45, 2.75) is 26.7 Å². The topological polar surface area (TPSA) is 116 Å². The molecule has 2 amide bonds. The van der Waals surface area contributed by atoms with Crippen LogP contribution in [0.3, 0.4) is 0 Å². The summed E-state index contributed by atoms with van der Waals surface area (Å²) < 4.78 is 7.57. The third-order valence-electron chi connectivity index (χ3n) is 5.75. The number of fused-ring (bicyclic) bond motifs is 4. The van der Waals surface area contributed by atoms with Crippen molar-refractivity contribution in [2.75, 3.05) is 5.32 Å². The Balaban J connectivity index is 1.35. The van der Waals surface area contributed by atoms with E-state index in [4.69, 9.17) is 10.2 Å². The Kier molecular flexibility index (Phi) is 4.62. The summed E-state index contributed by atoms with van der Waals surface area (Å²) in [6, 6.07) is 13.5. The van der Waals surface area contributed by atoms with Crippen LogP contribution in [0.2, 0.25) is 0 Å². The van der Waals surface area contributed by atoms with Crippen LogP contribution in [-0.2, 0) is 11.2 Å². The van der Waals surface area contributed by atoms with Crippen LogP contribution in [0.1, 0.15) is 33.9 Å². The van der Waals surface area contributed by atoms with Crippen LogP contribution in [0.5, 0.6) is 0 Å². The van der Waals surface area contributed by atoms with Crippen LogP contribution in [0.15, 0.2) is 53.2 Å². The number of aryl methyl sites for hydroxylation is 2. The smallest absolute Gasteiger partial charge is 0.271 e. The Bertz CT molecular complexity index is 1530. The second-order valence-electron chi connectivity index (χ2n) is 7.77. The molecule has 0 saturated heterocycles. The number of nitrogens with two attached hydrogens (primary N) is 1. The van der Waals surface area contributed by atoms with Crippen molar-refractivity contribution in [1.29, 1.82) is 0 Å². The highest BCUT2D eigenvalue weighted by Crippen LogP contribution is 2.30. The van der Waals surface area contributed by atoms with E-state index in [9.17, 15) is 9.59 Å². The highest BCUT2D eigenvalue weighted by molar-refractivity contribution is 6.07. The molecule has 0 fully saturated rings. The van der Waals surface area contributed by atoms with Gasteiger partial charge in [-0.25, -0.2) is 9.97 Å². The second-order valence-corrected chi connectivity index (χ2v) is 7.77. The largest absolute Gasteiger partial charge is 0.456 e. The second kappa shape index (κ2) is 7.49. The Hall–Kier alpha value is -4.20. The first-order chi connectivity index (χ1) is 15.4. The predicted molar refractivity (Wildman–Crippen MR) is 122 cm³/mol. The van der Waals surface area contributed by atoms with E-state index in [2.05, 4.69) is 15.3 Å². The molecule has 0 atom stereocenters. The maximum absolute atomic E-state index is 12.7. The van der Waals surface area contributed by atoms with Crippen molar-refractivity contribution in [3.8, 4) is 0 Å². The van der Waals surface area contributed by atoms with Gasteiger partial charge in [-0.2, -0.15) is 0 Å². The molecule has 8 nitrogen and oxygen atoms in total. The minimum Gasteiger partial charge on any atom is -0.456 e. The number of nitrogens with zero attached hydrogens (tertiary/aromatic N) is 3. The van der Waals surface area contributed by atoms with Crippen LogP contribution in [-0.4, -0.2) is 26.2 Å². The molecule has 0 spiro atoms. The first-order valence-corrected chi connectivity index (χ1v) is 10.3. The van der Waals surface area contributed by atoms with Gasteiger partial charge in [0, 0.05) is 34.3 Å². The van der Waals surface area contributed by atoms with Crippen molar-refractivity contribution in [1.82, 2.24) is 14.4 Å². The van der Waals surface area contributed by atoms with Gasteiger partial charge in [0.15, 0.2) is 11.3 Å². The van der Waals surface area contributed by atoms with Crippen molar-refractivity contribution < 1.29 is 14.0 Å². The molecule has 32 heavy (non-hydrogen) atoms. The molecule has 0 aliphatic rings. The van der Waals surface area contributed by atoms with Crippen LogP contribution < -0.4 is 11.1 Å². The van der Waals surface area contributed by atoms with E-state index >= 15 is 0 Å². The fourth-order valence-corrected chi connectivity index (χ4v) is 4.13. The highest BCUT2D eigenvalue weighted by Gasteiger charge is 2.17. The van der Waals surface area contributed by atoms with E-state index < -0.39 is 5.91 Å².